The Morgan fingerprint density at radius 1 is 1.19 bits per heavy atom. The van der Waals surface area contributed by atoms with Crippen LogP contribution in [0.3, 0.4) is 0 Å². The molecule has 0 aromatic heterocycles. The number of likely N-dealkylation sites (N-methyl/N-ethyl adjacent to an activating group) is 1. The second-order valence-corrected chi connectivity index (χ2v) is 7.46. The molecule has 0 aliphatic carbocycles. The van der Waals surface area contributed by atoms with Gasteiger partial charge in [-0.1, -0.05) is 12.1 Å². The minimum absolute atomic E-state index is 0.0117. The molecule has 3 rings (SSSR count). The van der Waals surface area contributed by atoms with Gasteiger partial charge in [-0.3, -0.25) is 14.5 Å². The summed E-state index contributed by atoms with van der Waals surface area (Å²) in [5.74, 6) is -1.60. The molecule has 2 heterocycles. The lowest BCUT2D eigenvalue weighted by molar-refractivity contribution is -0.192. The molecular weight excluding hydrogens is 419 g/mol. The van der Waals surface area contributed by atoms with Gasteiger partial charge in [0.2, 0.25) is 11.8 Å². The van der Waals surface area contributed by atoms with Gasteiger partial charge in [0.25, 0.3) is 0 Å². The average Bonchev–Trinajstić information content (AvgIpc) is 3.24. The van der Waals surface area contributed by atoms with Crippen LogP contribution >= 0.6 is 0 Å². The van der Waals surface area contributed by atoms with Crippen molar-refractivity contribution in [2.45, 2.75) is 38.1 Å². The minimum Gasteiger partial charge on any atom is -0.497 e. The molecule has 2 N–H and O–H groups in total. The van der Waals surface area contributed by atoms with Crippen LogP contribution in [0.1, 0.15) is 18.9 Å². The van der Waals surface area contributed by atoms with Crippen molar-refractivity contribution in [2.75, 3.05) is 27.2 Å². The molecule has 0 bridgehead atoms. The van der Waals surface area contributed by atoms with Crippen LogP contribution < -0.4 is 10.1 Å². The molecular formula is C20H26F3N3O5. The van der Waals surface area contributed by atoms with E-state index in [0.717, 1.165) is 31.8 Å². The fourth-order valence-corrected chi connectivity index (χ4v) is 4.09. The minimum atomic E-state index is -5.08. The molecule has 2 amide bonds. The number of ether oxygens (including phenoxy) is 1. The van der Waals surface area contributed by atoms with E-state index in [-0.39, 0.29) is 23.9 Å². The largest absolute Gasteiger partial charge is 0.497 e. The SMILES string of the molecule is CNC(=O)[C@@H]1C[C@H]2CN(Cc3ccc(OC)cc3)C[C@H]2N1C(C)=O.O=C(O)C(F)(F)F. The Hall–Kier alpha value is -2.82. The molecule has 2 saturated heterocycles. The van der Waals surface area contributed by atoms with Gasteiger partial charge in [0.05, 0.1) is 7.11 Å². The van der Waals surface area contributed by atoms with E-state index in [4.69, 9.17) is 14.6 Å². The Labute approximate surface area is 177 Å². The Morgan fingerprint density at radius 2 is 1.77 bits per heavy atom. The van der Waals surface area contributed by atoms with Crippen molar-refractivity contribution in [1.29, 1.82) is 0 Å². The van der Waals surface area contributed by atoms with E-state index in [1.165, 1.54) is 5.56 Å². The molecule has 2 fully saturated rings. The molecule has 1 aromatic carbocycles. The normalized spacial score (nSPS) is 22.9. The molecule has 31 heavy (non-hydrogen) atoms. The van der Waals surface area contributed by atoms with Gasteiger partial charge in [-0.25, -0.2) is 4.79 Å². The predicted molar refractivity (Wildman–Crippen MR) is 104 cm³/mol. The van der Waals surface area contributed by atoms with Crippen LogP contribution in [-0.2, 0) is 20.9 Å². The lowest BCUT2D eigenvalue weighted by atomic mass is 10.0. The number of carbonyl (C=O) groups excluding carboxylic acids is 2. The summed E-state index contributed by atoms with van der Waals surface area (Å²) in [6.07, 6.45) is -4.33. The second kappa shape index (κ2) is 9.99. The number of halogens is 3. The van der Waals surface area contributed by atoms with Crippen LogP contribution in [0.25, 0.3) is 0 Å². The molecule has 0 radical (unpaired) electrons. The third kappa shape index (κ3) is 6.09. The van der Waals surface area contributed by atoms with E-state index >= 15 is 0 Å². The highest BCUT2D eigenvalue weighted by atomic mass is 19.4. The molecule has 0 spiro atoms. The van der Waals surface area contributed by atoms with Crippen LogP contribution in [-0.4, -0.2) is 78.2 Å². The summed E-state index contributed by atoms with van der Waals surface area (Å²) >= 11 is 0. The highest BCUT2D eigenvalue weighted by Gasteiger charge is 2.49. The molecule has 0 saturated carbocycles. The van der Waals surface area contributed by atoms with Crippen molar-refractivity contribution >= 4 is 17.8 Å². The number of nitrogens with zero attached hydrogens (tertiary/aromatic N) is 2. The zero-order chi connectivity index (χ0) is 23.3. The number of methoxy groups -OCH3 is 1. The Morgan fingerprint density at radius 3 is 2.23 bits per heavy atom. The van der Waals surface area contributed by atoms with Gasteiger partial charge in [0.1, 0.15) is 11.8 Å². The van der Waals surface area contributed by atoms with Crippen molar-refractivity contribution in [3.05, 3.63) is 29.8 Å². The van der Waals surface area contributed by atoms with E-state index in [1.54, 1.807) is 26.0 Å². The van der Waals surface area contributed by atoms with Gasteiger partial charge in [-0.05, 0) is 30.0 Å². The third-order valence-electron chi connectivity index (χ3n) is 5.42. The summed E-state index contributed by atoms with van der Waals surface area (Å²) in [4.78, 5) is 37.2. The maximum atomic E-state index is 12.1. The number of carbonyl (C=O) groups is 3. The Balaban J connectivity index is 0.000000423. The molecule has 172 valence electrons. The number of amides is 2. The van der Waals surface area contributed by atoms with Crippen LogP contribution in [0, 0.1) is 5.92 Å². The number of rotatable bonds is 4. The van der Waals surface area contributed by atoms with Gasteiger partial charge < -0.3 is 20.1 Å². The summed E-state index contributed by atoms with van der Waals surface area (Å²) in [5.41, 5.74) is 1.23. The van der Waals surface area contributed by atoms with Crippen molar-refractivity contribution in [3.63, 3.8) is 0 Å². The number of carboxylic acids is 1. The molecule has 8 nitrogen and oxygen atoms in total. The van der Waals surface area contributed by atoms with Crippen molar-refractivity contribution in [2.24, 2.45) is 5.92 Å². The monoisotopic (exact) mass is 445 g/mol. The van der Waals surface area contributed by atoms with Gasteiger partial charge in [-0.2, -0.15) is 13.2 Å². The zero-order valence-corrected chi connectivity index (χ0v) is 17.5. The summed E-state index contributed by atoms with van der Waals surface area (Å²) in [6, 6.07) is 7.91. The number of hydrogen-bond acceptors (Lipinski definition) is 5. The number of hydrogen-bond donors (Lipinski definition) is 2. The summed E-state index contributed by atoms with van der Waals surface area (Å²) < 4.78 is 36.9. The first kappa shape index (κ1) is 24.4. The number of alkyl halides is 3. The van der Waals surface area contributed by atoms with Crippen LogP contribution in [0.2, 0.25) is 0 Å². The van der Waals surface area contributed by atoms with Gasteiger partial charge >= 0.3 is 12.1 Å². The smallest absolute Gasteiger partial charge is 0.490 e. The lowest BCUT2D eigenvalue weighted by Crippen LogP contribution is -2.49. The highest BCUT2D eigenvalue weighted by molar-refractivity contribution is 5.87. The number of likely N-dealkylation sites (tertiary alicyclic amines) is 2. The summed E-state index contributed by atoms with van der Waals surface area (Å²) in [6.45, 7) is 4.16. The first-order valence-corrected chi connectivity index (χ1v) is 9.63. The van der Waals surface area contributed by atoms with E-state index in [1.807, 2.05) is 12.1 Å². The molecule has 0 unspecified atom stereocenters. The highest BCUT2D eigenvalue weighted by Crippen LogP contribution is 2.36. The van der Waals surface area contributed by atoms with Crippen molar-refractivity contribution in [3.8, 4) is 5.75 Å². The Kier molecular flexibility index (Phi) is 7.88. The molecule has 11 heteroatoms. The number of carboxylic acid groups (broad SMARTS) is 1. The van der Waals surface area contributed by atoms with Crippen LogP contribution in [0.15, 0.2) is 24.3 Å². The van der Waals surface area contributed by atoms with Gasteiger partial charge in [-0.15, -0.1) is 0 Å². The zero-order valence-electron chi connectivity index (χ0n) is 17.5. The fourth-order valence-electron chi connectivity index (χ4n) is 4.09. The van der Waals surface area contributed by atoms with Gasteiger partial charge in [0.15, 0.2) is 0 Å². The summed E-state index contributed by atoms with van der Waals surface area (Å²) in [5, 5.41) is 9.81. The maximum absolute atomic E-state index is 12.1. The average molecular weight is 445 g/mol. The molecule has 1 aromatic rings. The first-order chi connectivity index (χ1) is 14.5. The standard InChI is InChI=1S/C18H25N3O3.C2HF3O2/c1-12(22)21-16(18(23)19-2)8-14-10-20(11-17(14)21)9-13-4-6-15(24-3)7-5-13;3-2(4,5)1(6)7/h4-7,14,16-17H,8-11H2,1-3H3,(H,19,23);(H,6,7)/t14-,16-,17+;/m0./s1. The van der Waals surface area contributed by atoms with Crippen molar-refractivity contribution < 1.29 is 37.4 Å². The molecule has 2 aliphatic heterocycles. The summed E-state index contributed by atoms with van der Waals surface area (Å²) in [7, 11) is 3.29. The van der Waals surface area contributed by atoms with E-state index < -0.39 is 12.1 Å². The predicted octanol–water partition coefficient (Wildman–Crippen LogP) is 1.50. The van der Waals surface area contributed by atoms with Crippen LogP contribution in [0.4, 0.5) is 13.2 Å². The maximum Gasteiger partial charge on any atom is 0.490 e. The number of aliphatic carboxylic acids is 1. The number of nitrogens with one attached hydrogen (secondary N) is 1. The van der Waals surface area contributed by atoms with Crippen LogP contribution in [0.5, 0.6) is 5.75 Å². The lowest BCUT2D eigenvalue weighted by Gasteiger charge is -2.28. The first-order valence-electron chi connectivity index (χ1n) is 9.63. The van der Waals surface area contributed by atoms with E-state index in [0.29, 0.717) is 5.92 Å². The third-order valence-corrected chi connectivity index (χ3v) is 5.42. The number of fused-ring (bicyclic) bond motifs is 1. The second-order valence-electron chi connectivity index (χ2n) is 7.46. The van der Waals surface area contributed by atoms with E-state index in [9.17, 15) is 22.8 Å². The molecule has 2 aliphatic rings. The topological polar surface area (TPSA) is 99.2 Å². The molecule has 3 atom stereocenters. The number of benzene rings is 1. The van der Waals surface area contributed by atoms with E-state index in [2.05, 4.69) is 22.3 Å². The van der Waals surface area contributed by atoms with Gasteiger partial charge in [0, 0.05) is 39.6 Å². The quantitative estimate of drug-likeness (QED) is 0.729. The van der Waals surface area contributed by atoms with Crippen molar-refractivity contribution in [1.82, 2.24) is 15.1 Å². The fraction of sp³-hybridized carbons (Fsp3) is 0.550. The Bertz CT molecular complexity index is 800.